The number of nitrogens with zero attached hydrogens (tertiary/aromatic N) is 1. The summed E-state index contributed by atoms with van der Waals surface area (Å²) in [6, 6.07) is 5.65. The molecule has 1 N–H and O–H groups in total. The molecule has 5 nitrogen and oxygen atoms in total. The lowest BCUT2D eigenvalue weighted by molar-refractivity contribution is -0.141. The van der Waals surface area contributed by atoms with Crippen LogP contribution in [0.1, 0.15) is 12.5 Å². The molecule has 1 aromatic carbocycles. The molecule has 0 aliphatic rings. The van der Waals surface area contributed by atoms with Crippen molar-refractivity contribution >= 4 is 5.97 Å². The minimum Gasteiger partial charge on any atom is -0.497 e. The molecule has 106 valence electrons. The molecule has 0 radical (unpaired) electrons. The molecule has 0 spiro atoms. The number of hydrogen-bond acceptors (Lipinski definition) is 4. The Morgan fingerprint density at radius 3 is 2.21 bits per heavy atom. The number of aliphatic carboxylic acids is 1. The molecule has 1 unspecified atom stereocenters. The summed E-state index contributed by atoms with van der Waals surface area (Å²) in [5.41, 5.74) is 1.02. The van der Waals surface area contributed by atoms with Crippen LogP contribution in [0.4, 0.5) is 0 Å². The summed E-state index contributed by atoms with van der Waals surface area (Å²) < 4.78 is 10.4. The number of carboxylic acid groups (broad SMARTS) is 1. The number of rotatable bonds is 7. The van der Waals surface area contributed by atoms with Crippen molar-refractivity contribution in [1.82, 2.24) is 4.90 Å². The first-order valence-electron chi connectivity index (χ1n) is 6.09. The van der Waals surface area contributed by atoms with Crippen molar-refractivity contribution in [2.45, 2.75) is 13.5 Å². The molecule has 19 heavy (non-hydrogen) atoms. The molecule has 5 heteroatoms. The average molecular weight is 267 g/mol. The highest BCUT2D eigenvalue weighted by atomic mass is 16.5. The van der Waals surface area contributed by atoms with Gasteiger partial charge in [0.2, 0.25) is 0 Å². The zero-order valence-electron chi connectivity index (χ0n) is 11.8. The van der Waals surface area contributed by atoms with Crippen molar-refractivity contribution in [3.63, 3.8) is 0 Å². The Balaban J connectivity index is 2.72. The Kier molecular flexibility index (Phi) is 5.63. The summed E-state index contributed by atoms with van der Waals surface area (Å²) in [7, 11) is 5.11. The van der Waals surface area contributed by atoms with E-state index in [9.17, 15) is 4.79 Å². The van der Waals surface area contributed by atoms with Crippen molar-refractivity contribution in [1.29, 1.82) is 0 Å². The fourth-order valence-corrected chi connectivity index (χ4v) is 1.88. The quantitative estimate of drug-likeness (QED) is 0.817. The maximum Gasteiger partial charge on any atom is 0.307 e. The Morgan fingerprint density at radius 1 is 1.26 bits per heavy atom. The lowest BCUT2D eigenvalue weighted by Gasteiger charge is -2.19. The lowest BCUT2D eigenvalue weighted by atomic mass is 10.1. The van der Waals surface area contributed by atoms with Crippen molar-refractivity contribution < 1.29 is 19.4 Å². The second-order valence-corrected chi connectivity index (χ2v) is 4.66. The van der Waals surface area contributed by atoms with E-state index in [1.807, 2.05) is 30.1 Å². The SMILES string of the molecule is COc1cc(CN(C)CC(C)C(=O)O)cc(OC)c1. The van der Waals surface area contributed by atoms with E-state index in [0.717, 1.165) is 17.1 Å². The van der Waals surface area contributed by atoms with Gasteiger partial charge in [-0.3, -0.25) is 4.79 Å². The van der Waals surface area contributed by atoms with Gasteiger partial charge in [-0.05, 0) is 24.7 Å². The van der Waals surface area contributed by atoms with E-state index < -0.39 is 11.9 Å². The largest absolute Gasteiger partial charge is 0.497 e. The number of carbonyl (C=O) groups is 1. The van der Waals surface area contributed by atoms with Crippen LogP contribution in [0.25, 0.3) is 0 Å². The van der Waals surface area contributed by atoms with Gasteiger partial charge in [0, 0.05) is 19.2 Å². The summed E-state index contributed by atoms with van der Waals surface area (Å²) in [4.78, 5) is 12.8. The highest BCUT2D eigenvalue weighted by molar-refractivity contribution is 5.69. The molecular formula is C14H21NO4. The highest BCUT2D eigenvalue weighted by Gasteiger charge is 2.14. The molecule has 1 aromatic rings. The van der Waals surface area contributed by atoms with Crippen LogP contribution in [-0.2, 0) is 11.3 Å². The van der Waals surface area contributed by atoms with E-state index in [4.69, 9.17) is 14.6 Å². The van der Waals surface area contributed by atoms with Crippen LogP contribution in [0.3, 0.4) is 0 Å². The number of ether oxygens (including phenoxy) is 2. The van der Waals surface area contributed by atoms with Crippen molar-refractivity contribution in [3.05, 3.63) is 23.8 Å². The van der Waals surface area contributed by atoms with Crippen LogP contribution < -0.4 is 9.47 Å². The first-order chi connectivity index (χ1) is 8.96. The van der Waals surface area contributed by atoms with Crippen LogP contribution in [0, 0.1) is 5.92 Å². The molecule has 0 saturated heterocycles. The molecular weight excluding hydrogens is 246 g/mol. The van der Waals surface area contributed by atoms with Crippen molar-refractivity contribution in [2.24, 2.45) is 5.92 Å². The van der Waals surface area contributed by atoms with Gasteiger partial charge in [-0.2, -0.15) is 0 Å². The lowest BCUT2D eigenvalue weighted by Crippen LogP contribution is -2.28. The smallest absolute Gasteiger partial charge is 0.307 e. The molecule has 0 amide bonds. The number of benzene rings is 1. The molecule has 0 aromatic heterocycles. The average Bonchev–Trinajstić information content (AvgIpc) is 2.37. The molecule has 0 saturated carbocycles. The maximum atomic E-state index is 10.8. The zero-order chi connectivity index (χ0) is 14.4. The van der Waals surface area contributed by atoms with Gasteiger partial charge in [-0.25, -0.2) is 0 Å². The van der Waals surface area contributed by atoms with Crippen LogP contribution in [0.5, 0.6) is 11.5 Å². The predicted octanol–water partition coefficient (Wildman–Crippen LogP) is 1.86. The second kappa shape index (κ2) is 6.99. The van der Waals surface area contributed by atoms with E-state index in [2.05, 4.69) is 0 Å². The maximum absolute atomic E-state index is 10.8. The van der Waals surface area contributed by atoms with Crippen LogP contribution in [0.15, 0.2) is 18.2 Å². The third kappa shape index (κ3) is 4.79. The Morgan fingerprint density at radius 2 is 1.79 bits per heavy atom. The molecule has 1 rings (SSSR count). The highest BCUT2D eigenvalue weighted by Crippen LogP contribution is 2.23. The summed E-state index contributed by atoms with van der Waals surface area (Å²) in [6.45, 7) is 2.84. The van der Waals surface area contributed by atoms with Gasteiger partial charge in [-0.15, -0.1) is 0 Å². The number of carboxylic acids is 1. The fourth-order valence-electron chi connectivity index (χ4n) is 1.88. The van der Waals surface area contributed by atoms with Gasteiger partial charge in [0.1, 0.15) is 11.5 Å². The van der Waals surface area contributed by atoms with Crippen molar-refractivity contribution in [2.75, 3.05) is 27.8 Å². The van der Waals surface area contributed by atoms with Gasteiger partial charge in [0.05, 0.1) is 20.1 Å². The summed E-state index contributed by atoms with van der Waals surface area (Å²) >= 11 is 0. The van der Waals surface area contributed by atoms with Gasteiger partial charge in [0.25, 0.3) is 0 Å². The Bertz CT molecular complexity index is 411. The van der Waals surface area contributed by atoms with Gasteiger partial charge >= 0.3 is 5.97 Å². The van der Waals surface area contributed by atoms with Crippen LogP contribution in [0.2, 0.25) is 0 Å². The normalized spacial score (nSPS) is 12.3. The molecule has 0 fully saturated rings. The van der Waals surface area contributed by atoms with E-state index in [-0.39, 0.29) is 0 Å². The second-order valence-electron chi connectivity index (χ2n) is 4.66. The zero-order valence-corrected chi connectivity index (χ0v) is 11.8. The fraction of sp³-hybridized carbons (Fsp3) is 0.500. The Hall–Kier alpha value is -1.75. The third-order valence-corrected chi connectivity index (χ3v) is 2.87. The van der Waals surface area contributed by atoms with Gasteiger partial charge in [0.15, 0.2) is 0 Å². The summed E-state index contributed by atoms with van der Waals surface area (Å²) in [6.07, 6.45) is 0. The van der Waals surface area contributed by atoms with E-state index >= 15 is 0 Å². The Labute approximate surface area is 113 Å². The predicted molar refractivity (Wildman–Crippen MR) is 72.7 cm³/mol. The van der Waals surface area contributed by atoms with E-state index in [1.165, 1.54) is 0 Å². The molecule has 0 bridgehead atoms. The summed E-state index contributed by atoms with van der Waals surface area (Å²) in [5, 5.41) is 8.89. The third-order valence-electron chi connectivity index (χ3n) is 2.87. The first-order valence-corrected chi connectivity index (χ1v) is 6.09. The van der Waals surface area contributed by atoms with Gasteiger partial charge in [-0.1, -0.05) is 6.92 Å². The van der Waals surface area contributed by atoms with E-state index in [1.54, 1.807) is 21.1 Å². The number of methoxy groups -OCH3 is 2. The minimum atomic E-state index is -0.782. The molecule has 1 atom stereocenters. The topological polar surface area (TPSA) is 59.0 Å². The molecule has 0 heterocycles. The summed E-state index contributed by atoms with van der Waals surface area (Å²) in [5.74, 6) is 0.288. The first kappa shape index (κ1) is 15.3. The minimum absolute atomic E-state index is 0.391. The van der Waals surface area contributed by atoms with Gasteiger partial charge < -0.3 is 19.5 Å². The number of hydrogen-bond donors (Lipinski definition) is 1. The molecule has 0 aliphatic heterocycles. The molecule has 0 aliphatic carbocycles. The monoisotopic (exact) mass is 267 g/mol. The van der Waals surface area contributed by atoms with Crippen LogP contribution in [-0.4, -0.2) is 43.8 Å². The van der Waals surface area contributed by atoms with E-state index in [0.29, 0.717) is 13.1 Å². The van der Waals surface area contributed by atoms with Crippen molar-refractivity contribution in [3.8, 4) is 11.5 Å². The van der Waals surface area contributed by atoms with Crippen LogP contribution >= 0.6 is 0 Å². The standard InChI is InChI=1S/C14H21NO4/c1-10(14(16)17)8-15(2)9-11-5-12(18-3)7-13(6-11)19-4/h5-7,10H,8-9H2,1-4H3,(H,16,17).